The number of aromatic nitrogens is 2. The second kappa shape index (κ2) is 6.29. The van der Waals surface area contributed by atoms with Crippen molar-refractivity contribution >= 4 is 17.7 Å². The van der Waals surface area contributed by atoms with E-state index < -0.39 is 12.0 Å². The van der Waals surface area contributed by atoms with Crippen LogP contribution >= 0.6 is 11.8 Å². The molecule has 88 valence electrons. The number of hydrogen-bond donors (Lipinski definition) is 2. The van der Waals surface area contributed by atoms with Gasteiger partial charge in [0, 0.05) is 18.0 Å². The van der Waals surface area contributed by atoms with Gasteiger partial charge >= 0.3 is 5.97 Å². The Morgan fingerprint density at radius 2 is 2.50 bits per heavy atom. The number of ether oxygens (including phenoxy) is 1. The summed E-state index contributed by atoms with van der Waals surface area (Å²) in [5.74, 6) is -0.139. The van der Waals surface area contributed by atoms with Gasteiger partial charge in [-0.2, -0.15) is 0 Å². The zero-order valence-corrected chi connectivity index (χ0v) is 9.62. The molecule has 1 atom stereocenters. The second-order valence-electron chi connectivity index (χ2n) is 2.91. The van der Waals surface area contributed by atoms with Crippen LogP contribution in [0.3, 0.4) is 0 Å². The first kappa shape index (κ1) is 12.7. The summed E-state index contributed by atoms with van der Waals surface area (Å²) in [4.78, 5) is 28.6. The molecule has 0 amide bonds. The molecule has 1 aromatic rings. The number of carbonyl (C=O) groups is 1. The monoisotopic (exact) mass is 243 g/mol. The lowest BCUT2D eigenvalue weighted by atomic mass is 10.4. The Morgan fingerprint density at radius 3 is 3.12 bits per heavy atom. The van der Waals surface area contributed by atoms with Gasteiger partial charge in [-0.25, -0.2) is 4.98 Å². The number of thioether (sulfide) groups is 1. The van der Waals surface area contributed by atoms with Gasteiger partial charge in [-0.15, -0.1) is 0 Å². The van der Waals surface area contributed by atoms with Gasteiger partial charge < -0.3 is 15.5 Å². The van der Waals surface area contributed by atoms with E-state index in [-0.39, 0.29) is 5.56 Å². The van der Waals surface area contributed by atoms with E-state index in [0.717, 1.165) is 0 Å². The average molecular weight is 243 g/mol. The van der Waals surface area contributed by atoms with E-state index >= 15 is 0 Å². The molecule has 1 rings (SSSR count). The lowest BCUT2D eigenvalue weighted by molar-refractivity contribution is -0.144. The first-order chi connectivity index (χ1) is 7.63. The maximum atomic E-state index is 11.2. The summed E-state index contributed by atoms with van der Waals surface area (Å²) >= 11 is 1.20. The predicted octanol–water partition coefficient (Wildman–Crippen LogP) is -0.248. The number of aromatic amines is 1. The molecule has 0 spiro atoms. The summed E-state index contributed by atoms with van der Waals surface area (Å²) in [6.07, 6.45) is 1.40. The van der Waals surface area contributed by atoms with Gasteiger partial charge in [0.2, 0.25) is 0 Å². The van der Waals surface area contributed by atoms with Gasteiger partial charge in [-0.1, -0.05) is 11.8 Å². The number of esters is 1. The SMILES string of the molecule is CCOC(=O)C(N)CSc1nccc(=O)[nH]1. The van der Waals surface area contributed by atoms with Crippen LogP contribution in [-0.2, 0) is 9.53 Å². The van der Waals surface area contributed by atoms with Crippen molar-refractivity contribution in [2.45, 2.75) is 18.1 Å². The third kappa shape index (κ3) is 4.03. The molecule has 0 saturated carbocycles. The molecule has 0 fully saturated rings. The molecule has 0 saturated heterocycles. The number of carbonyl (C=O) groups excluding carboxylic acids is 1. The van der Waals surface area contributed by atoms with Crippen molar-refractivity contribution in [2.75, 3.05) is 12.4 Å². The van der Waals surface area contributed by atoms with Crippen molar-refractivity contribution in [3.05, 3.63) is 22.6 Å². The van der Waals surface area contributed by atoms with Crippen LogP contribution in [0.4, 0.5) is 0 Å². The highest BCUT2D eigenvalue weighted by Crippen LogP contribution is 2.11. The number of hydrogen-bond acceptors (Lipinski definition) is 6. The van der Waals surface area contributed by atoms with Crippen molar-refractivity contribution in [1.82, 2.24) is 9.97 Å². The van der Waals surface area contributed by atoms with Crippen molar-refractivity contribution in [3.8, 4) is 0 Å². The fraction of sp³-hybridized carbons (Fsp3) is 0.444. The van der Waals surface area contributed by atoms with E-state index in [0.29, 0.717) is 17.5 Å². The second-order valence-corrected chi connectivity index (χ2v) is 3.92. The van der Waals surface area contributed by atoms with Crippen LogP contribution in [0.25, 0.3) is 0 Å². The van der Waals surface area contributed by atoms with E-state index in [1.54, 1.807) is 6.92 Å². The Balaban J connectivity index is 2.45. The van der Waals surface area contributed by atoms with Crippen LogP contribution in [0, 0.1) is 0 Å². The summed E-state index contributed by atoms with van der Waals surface area (Å²) in [7, 11) is 0. The fourth-order valence-electron chi connectivity index (χ4n) is 0.911. The van der Waals surface area contributed by atoms with Crippen molar-refractivity contribution in [2.24, 2.45) is 5.73 Å². The van der Waals surface area contributed by atoms with Crippen LogP contribution in [0.1, 0.15) is 6.92 Å². The zero-order valence-electron chi connectivity index (χ0n) is 8.80. The largest absolute Gasteiger partial charge is 0.465 e. The molecule has 3 N–H and O–H groups in total. The maximum Gasteiger partial charge on any atom is 0.323 e. The lowest BCUT2D eigenvalue weighted by Gasteiger charge is -2.08. The van der Waals surface area contributed by atoms with Gasteiger partial charge in [0.15, 0.2) is 5.16 Å². The van der Waals surface area contributed by atoms with Crippen LogP contribution in [-0.4, -0.2) is 34.3 Å². The standard InChI is InChI=1S/C9H13N3O3S/c1-2-15-8(14)6(10)5-16-9-11-4-3-7(13)12-9/h3-4,6H,2,5,10H2,1H3,(H,11,12,13). The van der Waals surface area contributed by atoms with Crippen molar-refractivity contribution < 1.29 is 9.53 Å². The van der Waals surface area contributed by atoms with Crippen LogP contribution < -0.4 is 11.3 Å². The molecule has 0 aliphatic heterocycles. The number of rotatable bonds is 5. The molecule has 1 heterocycles. The molecule has 0 aliphatic rings. The van der Waals surface area contributed by atoms with E-state index in [1.807, 2.05) is 0 Å². The molecule has 0 bridgehead atoms. The van der Waals surface area contributed by atoms with Gasteiger partial charge in [-0.3, -0.25) is 9.59 Å². The minimum Gasteiger partial charge on any atom is -0.465 e. The molecule has 0 aromatic carbocycles. The Kier molecular flexibility index (Phi) is 5.00. The van der Waals surface area contributed by atoms with Gasteiger partial charge in [-0.05, 0) is 6.92 Å². The molecule has 1 aromatic heterocycles. The van der Waals surface area contributed by atoms with Gasteiger partial charge in [0.25, 0.3) is 5.56 Å². The number of nitrogens with one attached hydrogen (secondary N) is 1. The van der Waals surface area contributed by atoms with Gasteiger partial charge in [0.1, 0.15) is 6.04 Å². The summed E-state index contributed by atoms with van der Waals surface area (Å²) < 4.78 is 4.75. The first-order valence-corrected chi connectivity index (χ1v) is 5.72. The summed E-state index contributed by atoms with van der Waals surface area (Å²) in [6.45, 7) is 2.02. The van der Waals surface area contributed by atoms with Crippen LogP contribution in [0.2, 0.25) is 0 Å². The number of nitrogens with zero attached hydrogens (tertiary/aromatic N) is 1. The normalized spacial score (nSPS) is 12.1. The molecule has 0 radical (unpaired) electrons. The fourth-order valence-corrected chi connectivity index (χ4v) is 1.69. The van der Waals surface area contributed by atoms with E-state index in [2.05, 4.69) is 9.97 Å². The summed E-state index contributed by atoms with van der Waals surface area (Å²) in [5.41, 5.74) is 5.34. The number of nitrogens with two attached hydrogens (primary N) is 1. The Bertz CT molecular complexity index is 407. The summed E-state index contributed by atoms with van der Waals surface area (Å²) in [5, 5.41) is 0.437. The van der Waals surface area contributed by atoms with Crippen LogP contribution in [0.15, 0.2) is 22.2 Å². The molecule has 16 heavy (non-hydrogen) atoms. The van der Waals surface area contributed by atoms with Crippen molar-refractivity contribution in [1.29, 1.82) is 0 Å². The topological polar surface area (TPSA) is 98.1 Å². The smallest absolute Gasteiger partial charge is 0.323 e. The zero-order chi connectivity index (χ0) is 12.0. The molecule has 6 nitrogen and oxygen atoms in total. The highest BCUT2D eigenvalue weighted by atomic mass is 32.2. The number of H-pyrrole nitrogens is 1. The van der Waals surface area contributed by atoms with Crippen LogP contribution in [0.5, 0.6) is 0 Å². The molecular formula is C9H13N3O3S. The maximum absolute atomic E-state index is 11.2. The molecular weight excluding hydrogens is 230 g/mol. The minimum absolute atomic E-state index is 0.234. The quantitative estimate of drug-likeness (QED) is 0.420. The van der Waals surface area contributed by atoms with E-state index in [4.69, 9.17) is 10.5 Å². The van der Waals surface area contributed by atoms with Gasteiger partial charge in [0.05, 0.1) is 6.61 Å². The lowest BCUT2D eigenvalue weighted by Crippen LogP contribution is -2.34. The van der Waals surface area contributed by atoms with E-state index in [1.165, 1.54) is 24.0 Å². The summed E-state index contributed by atoms with van der Waals surface area (Å²) in [6, 6.07) is 0.602. The Labute approximate surface area is 96.6 Å². The third-order valence-corrected chi connectivity index (χ3v) is 2.64. The molecule has 7 heteroatoms. The highest BCUT2D eigenvalue weighted by molar-refractivity contribution is 7.99. The molecule has 0 aliphatic carbocycles. The Morgan fingerprint density at radius 1 is 1.75 bits per heavy atom. The first-order valence-electron chi connectivity index (χ1n) is 4.74. The Hall–Kier alpha value is -1.34. The van der Waals surface area contributed by atoms with E-state index in [9.17, 15) is 9.59 Å². The minimum atomic E-state index is -0.713. The average Bonchev–Trinajstić information content (AvgIpc) is 2.26. The highest BCUT2D eigenvalue weighted by Gasteiger charge is 2.15. The molecule has 1 unspecified atom stereocenters. The third-order valence-electron chi connectivity index (χ3n) is 1.64. The predicted molar refractivity (Wildman–Crippen MR) is 60.2 cm³/mol. The van der Waals surface area contributed by atoms with Crippen molar-refractivity contribution in [3.63, 3.8) is 0 Å².